The van der Waals surface area contributed by atoms with Gasteiger partial charge >= 0.3 is 0 Å². The fraction of sp³-hybridized carbons (Fsp3) is 0.364. The van der Waals surface area contributed by atoms with Gasteiger partial charge in [0.15, 0.2) is 6.61 Å². The van der Waals surface area contributed by atoms with E-state index in [1.54, 1.807) is 7.05 Å². The molecule has 0 saturated heterocycles. The van der Waals surface area contributed by atoms with Gasteiger partial charge in [0.05, 0.1) is 11.5 Å². The maximum Gasteiger partial charge on any atom is 0.212 e. The van der Waals surface area contributed by atoms with Gasteiger partial charge in [-0.25, -0.2) is 0 Å². The summed E-state index contributed by atoms with van der Waals surface area (Å²) < 4.78 is 6.54. The van der Waals surface area contributed by atoms with Crippen LogP contribution >= 0.6 is 15.9 Å². The van der Waals surface area contributed by atoms with E-state index >= 15 is 0 Å². The molecule has 0 fully saturated rings. The second-order valence-electron chi connectivity index (χ2n) is 3.78. The van der Waals surface area contributed by atoms with E-state index < -0.39 is 0 Å². The molecular weight excluding hydrogens is 298 g/mol. The lowest BCUT2D eigenvalue weighted by Crippen LogP contribution is -2.05. The number of ether oxygens (including phenoxy) is 1. The molecule has 0 unspecified atom stereocenters. The van der Waals surface area contributed by atoms with Crippen LogP contribution in [0.5, 0.6) is 5.75 Å². The number of hydrogen-bond acceptors (Lipinski definition) is 5. The highest BCUT2D eigenvalue weighted by Crippen LogP contribution is 2.26. The number of halogens is 1. The van der Waals surface area contributed by atoms with Gasteiger partial charge in [0, 0.05) is 6.54 Å². The Hall–Kier alpha value is -1.47. The molecule has 0 spiro atoms. The van der Waals surface area contributed by atoms with Crippen LogP contribution in [-0.4, -0.2) is 27.3 Å². The minimum absolute atomic E-state index is 0.303. The fourth-order valence-corrected chi connectivity index (χ4v) is 2.04. The second-order valence-corrected chi connectivity index (χ2v) is 4.63. The maximum atomic E-state index is 5.62. The Balaban J connectivity index is 2.01. The predicted octanol–water partition coefficient (Wildman–Crippen LogP) is 1.27. The molecule has 2 rings (SSSR count). The zero-order chi connectivity index (χ0) is 13.0. The summed E-state index contributed by atoms with van der Waals surface area (Å²) in [5, 5.41) is 14.7. The number of nitrogens with zero attached hydrogens (tertiary/aromatic N) is 4. The molecule has 6 nitrogen and oxygen atoms in total. The van der Waals surface area contributed by atoms with Crippen LogP contribution in [0.3, 0.4) is 0 Å². The number of aryl methyl sites for hydroxylation is 1. The monoisotopic (exact) mass is 311 g/mol. The third kappa shape index (κ3) is 3.27. The number of nitrogens with one attached hydrogen (secondary N) is 1. The highest BCUT2D eigenvalue weighted by atomic mass is 79.9. The van der Waals surface area contributed by atoms with Crippen molar-refractivity contribution in [1.82, 2.24) is 25.5 Å². The molecule has 1 aromatic heterocycles. The van der Waals surface area contributed by atoms with Gasteiger partial charge in [-0.1, -0.05) is 6.07 Å². The Morgan fingerprint density at radius 2 is 2.28 bits per heavy atom. The molecule has 0 atom stereocenters. The van der Waals surface area contributed by atoms with Crippen molar-refractivity contribution < 1.29 is 4.74 Å². The van der Waals surface area contributed by atoms with Gasteiger partial charge in [-0.05, 0) is 45.9 Å². The molecule has 18 heavy (non-hydrogen) atoms. The van der Waals surface area contributed by atoms with Crippen molar-refractivity contribution in [2.75, 3.05) is 7.05 Å². The third-order valence-electron chi connectivity index (χ3n) is 2.28. The normalized spacial score (nSPS) is 10.6. The van der Waals surface area contributed by atoms with Gasteiger partial charge in [-0.2, -0.15) is 4.80 Å². The van der Waals surface area contributed by atoms with Crippen LogP contribution in [0.25, 0.3) is 0 Å². The molecule has 2 aromatic rings. The number of tetrazole rings is 1. The molecule has 7 heteroatoms. The van der Waals surface area contributed by atoms with Crippen molar-refractivity contribution >= 4 is 15.9 Å². The van der Waals surface area contributed by atoms with E-state index in [-0.39, 0.29) is 0 Å². The minimum atomic E-state index is 0.303. The van der Waals surface area contributed by atoms with Crippen molar-refractivity contribution in [2.45, 2.75) is 13.2 Å². The molecule has 0 amide bonds. The van der Waals surface area contributed by atoms with Crippen LogP contribution in [0.15, 0.2) is 22.7 Å². The first kappa shape index (κ1) is 13.0. The van der Waals surface area contributed by atoms with E-state index in [1.807, 2.05) is 25.2 Å². The Morgan fingerprint density at radius 3 is 2.89 bits per heavy atom. The van der Waals surface area contributed by atoms with E-state index in [9.17, 15) is 0 Å². The maximum absolute atomic E-state index is 5.62. The molecule has 0 bridgehead atoms. The van der Waals surface area contributed by atoms with Crippen LogP contribution in [0.4, 0.5) is 0 Å². The van der Waals surface area contributed by atoms with E-state index in [2.05, 4.69) is 36.7 Å². The van der Waals surface area contributed by atoms with Crippen LogP contribution < -0.4 is 10.1 Å². The summed E-state index contributed by atoms with van der Waals surface area (Å²) in [6.45, 7) is 1.13. The molecular formula is C11H14BrN5O. The first-order valence-electron chi connectivity index (χ1n) is 5.47. The number of benzene rings is 1. The van der Waals surface area contributed by atoms with Crippen LogP contribution in [0.1, 0.15) is 11.4 Å². The quantitative estimate of drug-likeness (QED) is 0.901. The Bertz CT molecular complexity index is 528. The second kappa shape index (κ2) is 5.92. The van der Waals surface area contributed by atoms with Gasteiger partial charge in [0.25, 0.3) is 0 Å². The topological polar surface area (TPSA) is 64.9 Å². The molecule has 0 aliphatic rings. The van der Waals surface area contributed by atoms with E-state index in [4.69, 9.17) is 4.74 Å². The summed E-state index contributed by atoms with van der Waals surface area (Å²) in [4.78, 5) is 1.41. The lowest BCUT2D eigenvalue weighted by molar-refractivity contribution is 0.293. The van der Waals surface area contributed by atoms with Gasteiger partial charge in [-0.15, -0.1) is 10.2 Å². The summed E-state index contributed by atoms with van der Waals surface area (Å²) in [5.41, 5.74) is 1.19. The summed E-state index contributed by atoms with van der Waals surface area (Å²) >= 11 is 3.48. The fourth-order valence-electron chi connectivity index (χ4n) is 1.50. The van der Waals surface area contributed by atoms with Gasteiger partial charge in [0.1, 0.15) is 5.75 Å². The number of hydrogen-bond donors (Lipinski definition) is 1. The van der Waals surface area contributed by atoms with Crippen molar-refractivity contribution in [3.8, 4) is 5.75 Å². The lowest BCUT2D eigenvalue weighted by Gasteiger charge is -2.08. The van der Waals surface area contributed by atoms with E-state index in [0.29, 0.717) is 12.4 Å². The highest BCUT2D eigenvalue weighted by molar-refractivity contribution is 9.10. The molecule has 1 aromatic carbocycles. The number of rotatable bonds is 5. The smallest absolute Gasteiger partial charge is 0.212 e. The Kier molecular flexibility index (Phi) is 4.27. The number of aromatic nitrogens is 4. The molecule has 0 saturated carbocycles. The molecule has 1 heterocycles. The highest BCUT2D eigenvalue weighted by Gasteiger charge is 2.05. The average Bonchev–Trinajstić information content (AvgIpc) is 2.74. The molecule has 0 aliphatic heterocycles. The van der Waals surface area contributed by atoms with Crippen molar-refractivity contribution in [3.63, 3.8) is 0 Å². The first-order valence-corrected chi connectivity index (χ1v) is 6.27. The van der Waals surface area contributed by atoms with Crippen molar-refractivity contribution in [1.29, 1.82) is 0 Å². The summed E-state index contributed by atoms with van der Waals surface area (Å²) in [5.74, 6) is 1.33. The molecule has 1 N–H and O–H groups in total. The summed E-state index contributed by atoms with van der Waals surface area (Å²) in [6.07, 6.45) is 0. The molecule has 0 aliphatic carbocycles. The lowest BCUT2D eigenvalue weighted by atomic mass is 10.2. The largest absolute Gasteiger partial charge is 0.484 e. The standard InChI is InChI=1S/C11H14BrN5O/c1-13-6-8-3-4-10(9(12)5-8)18-7-11-14-16-17(2)15-11/h3-5,13H,6-7H2,1-2H3. The van der Waals surface area contributed by atoms with Crippen LogP contribution in [0, 0.1) is 0 Å². The Labute approximate surface area is 113 Å². The summed E-state index contributed by atoms with van der Waals surface area (Å²) in [7, 11) is 3.64. The van der Waals surface area contributed by atoms with Crippen LogP contribution in [0.2, 0.25) is 0 Å². The Morgan fingerprint density at radius 1 is 1.44 bits per heavy atom. The van der Waals surface area contributed by atoms with Crippen LogP contribution in [-0.2, 0) is 20.2 Å². The van der Waals surface area contributed by atoms with Gasteiger partial charge < -0.3 is 10.1 Å². The minimum Gasteiger partial charge on any atom is -0.484 e. The van der Waals surface area contributed by atoms with E-state index in [1.165, 1.54) is 10.4 Å². The summed E-state index contributed by atoms with van der Waals surface area (Å²) in [6, 6.07) is 5.96. The molecule has 0 radical (unpaired) electrons. The molecule has 96 valence electrons. The van der Waals surface area contributed by atoms with Gasteiger partial charge in [0.2, 0.25) is 5.82 Å². The third-order valence-corrected chi connectivity index (χ3v) is 2.90. The van der Waals surface area contributed by atoms with Crippen molar-refractivity contribution in [2.24, 2.45) is 7.05 Å². The average molecular weight is 312 g/mol. The SMILES string of the molecule is CNCc1ccc(OCc2nnn(C)n2)c(Br)c1. The van der Waals surface area contributed by atoms with Crippen molar-refractivity contribution in [3.05, 3.63) is 34.1 Å². The first-order chi connectivity index (χ1) is 8.69. The predicted molar refractivity (Wildman–Crippen MR) is 70.0 cm³/mol. The zero-order valence-corrected chi connectivity index (χ0v) is 11.8. The van der Waals surface area contributed by atoms with Gasteiger partial charge in [-0.3, -0.25) is 0 Å². The van der Waals surface area contributed by atoms with E-state index in [0.717, 1.165) is 16.8 Å². The zero-order valence-electron chi connectivity index (χ0n) is 10.2.